The summed E-state index contributed by atoms with van der Waals surface area (Å²) in [5, 5.41) is 4.18. The maximum Gasteiger partial charge on any atom is 0.225 e. The van der Waals surface area contributed by atoms with Gasteiger partial charge in [-0.25, -0.2) is 9.97 Å². The fourth-order valence-corrected chi connectivity index (χ4v) is 4.23. The number of nitrogens with one attached hydrogen (secondary N) is 1. The Balaban J connectivity index is 1.64. The van der Waals surface area contributed by atoms with Crippen LogP contribution in [0.15, 0.2) is 54.9 Å². The first-order valence-electron chi connectivity index (χ1n) is 9.91. The third kappa shape index (κ3) is 4.36. The Kier molecular flexibility index (Phi) is 5.81. The first-order valence-corrected chi connectivity index (χ1v) is 10.7. The van der Waals surface area contributed by atoms with Crippen LogP contribution in [0.5, 0.6) is 0 Å². The van der Waals surface area contributed by atoms with Crippen LogP contribution in [0.1, 0.15) is 58.9 Å². The lowest BCUT2D eigenvalue weighted by atomic mass is 9.96. The second kappa shape index (κ2) is 8.67. The van der Waals surface area contributed by atoms with Crippen molar-refractivity contribution >= 4 is 33.4 Å². The molecule has 2 atom stereocenters. The highest BCUT2D eigenvalue weighted by Crippen LogP contribution is 2.28. The molecule has 2 unspecified atom stereocenters. The van der Waals surface area contributed by atoms with Crippen molar-refractivity contribution in [2.24, 2.45) is 0 Å². The predicted molar refractivity (Wildman–Crippen MR) is 120 cm³/mol. The van der Waals surface area contributed by atoms with Crippen LogP contribution in [0.2, 0.25) is 0 Å². The van der Waals surface area contributed by atoms with Gasteiger partial charge in [-0.2, -0.15) is 4.98 Å². The van der Waals surface area contributed by atoms with Crippen molar-refractivity contribution < 1.29 is 4.79 Å². The molecule has 0 aliphatic carbocycles. The summed E-state index contributed by atoms with van der Waals surface area (Å²) in [7, 11) is 0. The molecule has 0 aliphatic rings. The Morgan fingerprint density at radius 3 is 2.53 bits per heavy atom. The lowest BCUT2D eigenvalue weighted by molar-refractivity contribution is 0.0972. The summed E-state index contributed by atoms with van der Waals surface area (Å²) in [5.41, 5.74) is 3.15. The SMILES string of the molecule is Cc1nc2nc(NC(C)c3ccccc3)nc(C(=O)CC(C)c3cccnc3)c2s1. The number of anilines is 1. The summed E-state index contributed by atoms with van der Waals surface area (Å²) in [6.07, 6.45) is 3.89. The monoisotopic (exact) mass is 417 g/mol. The Morgan fingerprint density at radius 2 is 1.80 bits per heavy atom. The number of Topliss-reactive ketones (excluding diaryl/α,β-unsaturated/α-hetero) is 1. The van der Waals surface area contributed by atoms with Crippen molar-refractivity contribution in [1.29, 1.82) is 0 Å². The molecule has 0 bridgehead atoms. The topological polar surface area (TPSA) is 80.7 Å². The van der Waals surface area contributed by atoms with E-state index in [1.54, 1.807) is 12.4 Å². The molecule has 3 aromatic heterocycles. The van der Waals surface area contributed by atoms with Crippen molar-refractivity contribution in [3.8, 4) is 0 Å². The zero-order valence-corrected chi connectivity index (χ0v) is 18.0. The Morgan fingerprint density at radius 1 is 1.03 bits per heavy atom. The number of thiazole rings is 1. The van der Waals surface area contributed by atoms with E-state index in [1.807, 2.05) is 63.2 Å². The van der Waals surface area contributed by atoms with Gasteiger partial charge in [0.15, 0.2) is 11.4 Å². The molecule has 4 rings (SSSR count). The number of aryl methyl sites for hydroxylation is 1. The summed E-state index contributed by atoms with van der Waals surface area (Å²) >= 11 is 1.46. The first-order chi connectivity index (χ1) is 14.5. The molecule has 4 aromatic rings. The zero-order chi connectivity index (χ0) is 21.1. The van der Waals surface area contributed by atoms with E-state index in [2.05, 4.69) is 25.3 Å². The molecule has 0 saturated heterocycles. The minimum absolute atomic E-state index is 0.000603. The molecule has 6 nitrogen and oxygen atoms in total. The molecule has 0 spiro atoms. The van der Waals surface area contributed by atoms with Gasteiger partial charge in [-0.15, -0.1) is 11.3 Å². The van der Waals surface area contributed by atoms with Crippen LogP contribution in [0.4, 0.5) is 5.95 Å². The normalized spacial score (nSPS) is 13.2. The van der Waals surface area contributed by atoms with Gasteiger partial charge in [0, 0.05) is 18.8 Å². The second-order valence-corrected chi connectivity index (χ2v) is 8.58. The standard InChI is InChI=1S/C23H23N5OS/c1-14(18-10-7-11-24-13-18)12-19(29)20-21-22(26-16(3)30-21)28-23(27-20)25-15(2)17-8-5-4-6-9-17/h4-11,13-15H,12H2,1-3H3,(H,25,27,28). The molecule has 0 radical (unpaired) electrons. The van der Waals surface area contributed by atoms with Gasteiger partial charge in [0.25, 0.3) is 0 Å². The van der Waals surface area contributed by atoms with Crippen LogP contribution in [0, 0.1) is 6.92 Å². The van der Waals surface area contributed by atoms with Gasteiger partial charge in [-0.3, -0.25) is 9.78 Å². The van der Waals surface area contributed by atoms with E-state index in [0.717, 1.165) is 20.8 Å². The van der Waals surface area contributed by atoms with Crippen LogP contribution in [-0.2, 0) is 0 Å². The van der Waals surface area contributed by atoms with Crippen molar-refractivity contribution in [3.05, 3.63) is 76.7 Å². The third-order valence-corrected chi connectivity index (χ3v) is 5.98. The van der Waals surface area contributed by atoms with E-state index in [9.17, 15) is 4.79 Å². The van der Waals surface area contributed by atoms with Crippen LogP contribution in [-0.4, -0.2) is 25.7 Å². The van der Waals surface area contributed by atoms with Crippen LogP contribution < -0.4 is 5.32 Å². The summed E-state index contributed by atoms with van der Waals surface area (Å²) in [6.45, 7) is 5.99. The van der Waals surface area contributed by atoms with Gasteiger partial charge in [-0.05, 0) is 37.0 Å². The summed E-state index contributed by atoms with van der Waals surface area (Å²) in [4.78, 5) is 31.0. The highest BCUT2D eigenvalue weighted by Gasteiger charge is 2.21. The number of fused-ring (bicyclic) bond motifs is 1. The lowest BCUT2D eigenvalue weighted by Crippen LogP contribution is -2.13. The molecule has 152 valence electrons. The molecule has 1 N–H and O–H groups in total. The van der Waals surface area contributed by atoms with Gasteiger partial charge < -0.3 is 5.32 Å². The van der Waals surface area contributed by atoms with E-state index < -0.39 is 0 Å². The summed E-state index contributed by atoms with van der Waals surface area (Å²) in [5.74, 6) is 0.448. The van der Waals surface area contributed by atoms with Gasteiger partial charge in [0.1, 0.15) is 10.4 Å². The summed E-state index contributed by atoms with van der Waals surface area (Å²) in [6, 6.07) is 13.9. The molecular formula is C23H23N5OS. The van der Waals surface area contributed by atoms with Crippen molar-refractivity contribution in [2.45, 2.75) is 39.2 Å². The second-order valence-electron chi connectivity index (χ2n) is 7.37. The first kappa shape index (κ1) is 20.1. The number of nitrogens with zero attached hydrogens (tertiary/aromatic N) is 4. The van der Waals surface area contributed by atoms with Crippen LogP contribution in [0.3, 0.4) is 0 Å². The van der Waals surface area contributed by atoms with Crippen LogP contribution >= 0.6 is 11.3 Å². The number of hydrogen-bond donors (Lipinski definition) is 1. The van der Waals surface area contributed by atoms with E-state index >= 15 is 0 Å². The van der Waals surface area contributed by atoms with E-state index in [-0.39, 0.29) is 17.7 Å². The molecule has 0 aliphatic heterocycles. The highest BCUT2D eigenvalue weighted by atomic mass is 32.1. The average molecular weight is 418 g/mol. The predicted octanol–water partition coefficient (Wildman–Crippen LogP) is 5.34. The molecular weight excluding hydrogens is 394 g/mol. The molecule has 7 heteroatoms. The van der Waals surface area contributed by atoms with Gasteiger partial charge in [0.05, 0.1) is 11.0 Å². The van der Waals surface area contributed by atoms with Crippen molar-refractivity contribution in [1.82, 2.24) is 19.9 Å². The van der Waals surface area contributed by atoms with Gasteiger partial charge >= 0.3 is 0 Å². The molecule has 30 heavy (non-hydrogen) atoms. The number of aromatic nitrogens is 4. The number of benzene rings is 1. The minimum Gasteiger partial charge on any atom is -0.348 e. The number of ketones is 1. The molecule has 3 heterocycles. The van der Waals surface area contributed by atoms with Crippen LogP contribution in [0.25, 0.3) is 10.3 Å². The van der Waals surface area contributed by atoms with E-state index in [1.165, 1.54) is 11.3 Å². The van der Waals surface area contributed by atoms with E-state index in [4.69, 9.17) is 0 Å². The lowest BCUT2D eigenvalue weighted by Gasteiger charge is -2.15. The number of rotatable bonds is 7. The Labute approximate surface area is 179 Å². The fraction of sp³-hybridized carbons (Fsp3) is 0.261. The smallest absolute Gasteiger partial charge is 0.225 e. The number of pyridine rings is 1. The largest absolute Gasteiger partial charge is 0.348 e. The molecule has 0 saturated carbocycles. The molecule has 1 aromatic carbocycles. The summed E-state index contributed by atoms with van der Waals surface area (Å²) < 4.78 is 0.744. The van der Waals surface area contributed by atoms with Gasteiger partial charge in [-0.1, -0.05) is 43.3 Å². The number of hydrogen-bond acceptors (Lipinski definition) is 7. The van der Waals surface area contributed by atoms with E-state index in [0.29, 0.717) is 23.7 Å². The average Bonchev–Trinajstić information content (AvgIpc) is 3.14. The molecule has 0 fully saturated rings. The zero-order valence-electron chi connectivity index (χ0n) is 17.2. The minimum atomic E-state index is -0.0159. The Bertz CT molecular complexity index is 1160. The number of carbonyl (C=O) groups excluding carboxylic acids is 1. The van der Waals surface area contributed by atoms with Gasteiger partial charge in [0.2, 0.25) is 5.95 Å². The molecule has 0 amide bonds. The highest BCUT2D eigenvalue weighted by molar-refractivity contribution is 7.18. The maximum absolute atomic E-state index is 13.2. The quantitative estimate of drug-likeness (QED) is 0.409. The Hall–Kier alpha value is -3.19. The maximum atomic E-state index is 13.2. The fourth-order valence-electron chi connectivity index (χ4n) is 3.36. The van der Waals surface area contributed by atoms with Crippen molar-refractivity contribution in [3.63, 3.8) is 0 Å². The van der Waals surface area contributed by atoms with Crippen molar-refractivity contribution in [2.75, 3.05) is 5.32 Å². The third-order valence-electron chi connectivity index (χ3n) is 5.02. The number of carbonyl (C=O) groups is 1.